The van der Waals surface area contributed by atoms with Crippen LogP contribution in [0.1, 0.15) is 30.4 Å². The van der Waals surface area contributed by atoms with Crippen molar-refractivity contribution in [2.45, 2.75) is 31.5 Å². The van der Waals surface area contributed by atoms with E-state index in [-0.39, 0.29) is 12.0 Å². The minimum absolute atomic E-state index is 0.115. The lowest BCUT2D eigenvalue weighted by molar-refractivity contribution is -0.137. The molecule has 0 aliphatic carbocycles. The Morgan fingerprint density at radius 3 is 2.39 bits per heavy atom. The third-order valence-corrected chi connectivity index (χ3v) is 6.02. The second-order valence-electron chi connectivity index (χ2n) is 7.79. The van der Waals surface area contributed by atoms with Crippen molar-refractivity contribution in [2.24, 2.45) is 0 Å². The molecule has 2 atom stereocenters. The summed E-state index contributed by atoms with van der Waals surface area (Å²) in [5.74, 6) is 0.115. The first-order valence-electron chi connectivity index (χ1n) is 9.92. The zero-order chi connectivity index (χ0) is 19.7. The maximum Gasteiger partial charge on any atom is 0.416 e. The first-order valence-corrected chi connectivity index (χ1v) is 9.92. The summed E-state index contributed by atoms with van der Waals surface area (Å²) < 4.78 is 39.3. The van der Waals surface area contributed by atoms with Gasteiger partial charge in [-0.1, -0.05) is 18.2 Å². The van der Waals surface area contributed by atoms with E-state index < -0.39 is 11.7 Å². The Hall–Kier alpha value is -2.21. The van der Waals surface area contributed by atoms with E-state index >= 15 is 0 Å². The molecule has 1 N–H and O–H groups in total. The Bertz CT molecular complexity index is 798. The van der Waals surface area contributed by atoms with Gasteiger partial charge in [-0.25, -0.2) is 0 Å². The van der Waals surface area contributed by atoms with E-state index in [1.54, 1.807) is 6.07 Å². The number of halogens is 3. The van der Waals surface area contributed by atoms with Gasteiger partial charge in [0.15, 0.2) is 0 Å². The Morgan fingerprint density at radius 1 is 1.00 bits per heavy atom. The zero-order valence-corrected chi connectivity index (χ0v) is 16.0. The van der Waals surface area contributed by atoms with Crippen molar-refractivity contribution < 1.29 is 13.2 Å². The van der Waals surface area contributed by atoms with Crippen molar-refractivity contribution in [3.05, 3.63) is 59.7 Å². The molecule has 2 aliphatic rings. The summed E-state index contributed by atoms with van der Waals surface area (Å²) in [4.78, 5) is 4.82. The number of alkyl halides is 3. The van der Waals surface area contributed by atoms with Gasteiger partial charge in [0.2, 0.25) is 0 Å². The van der Waals surface area contributed by atoms with E-state index in [9.17, 15) is 13.2 Å². The predicted octanol–water partition coefficient (Wildman–Crippen LogP) is 4.82. The van der Waals surface area contributed by atoms with Crippen molar-refractivity contribution in [1.29, 1.82) is 0 Å². The molecule has 0 saturated carbocycles. The van der Waals surface area contributed by atoms with Crippen LogP contribution in [0.2, 0.25) is 0 Å². The summed E-state index contributed by atoms with van der Waals surface area (Å²) in [6.07, 6.45) is -3.42. The minimum Gasteiger partial charge on any atom is -0.382 e. The molecule has 4 rings (SSSR count). The molecule has 1 fully saturated rings. The Balaban J connectivity index is 1.36. The fraction of sp³-hybridized carbons (Fsp3) is 0.455. The molecule has 1 saturated heterocycles. The first kappa shape index (κ1) is 19.1. The molecule has 150 valence electrons. The first-order chi connectivity index (χ1) is 13.4. The van der Waals surface area contributed by atoms with Gasteiger partial charge in [0.1, 0.15) is 0 Å². The van der Waals surface area contributed by atoms with Gasteiger partial charge in [-0.05, 0) is 55.8 Å². The Kier molecular flexibility index (Phi) is 5.23. The topological polar surface area (TPSA) is 18.5 Å². The maximum atomic E-state index is 13.1. The molecule has 0 aromatic heterocycles. The molecule has 3 nitrogen and oxygen atoms in total. The number of anilines is 2. The molecule has 0 spiro atoms. The zero-order valence-electron chi connectivity index (χ0n) is 16.0. The van der Waals surface area contributed by atoms with Crippen molar-refractivity contribution >= 4 is 11.4 Å². The molecule has 2 aromatic carbocycles. The molecule has 0 bridgehead atoms. The molecule has 0 radical (unpaired) electrons. The Labute approximate surface area is 164 Å². The number of nitrogens with zero attached hydrogens (tertiary/aromatic N) is 2. The van der Waals surface area contributed by atoms with Crippen molar-refractivity contribution in [3.63, 3.8) is 0 Å². The normalized spacial score (nSPS) is 22.8. The van der Waals surface area contributed by atoms with Gasteiger partial charge in [-0.15, -0.1) is 0 Å². The number of piperazine rings is 1. The monoisotopic (exact) mass is 389 g/mol. The van der Waals surface area contributed by atoms with Gasteiger partial charge < -0.3 is 10.2 Å². The summed E-state index contributed by atoms with van der Waals surface area (Å²) in [5.41, 5.74) is 2.36. The van der Waals surface area contributed by atoms with Gasteiger partial charge in [0.25, 0.3) is 0 Å². The lowest BCUT2D eigenvalue weighted by Crippen LogP contribution is -2.47. The molecule has 2 heterocycles. The van der Waals surface area contributed by atoms with Gasteiger partial charge in [0, 0.05) is 49.5 Å². The summed E-state index contributed by atoms with van der Waals surface area (Å²) in [6.45, 7) is 6.91. The van der Waals surface area contributed by atoms with Crippen LogP contribution in [0.25, 0.3) is 0 Å². The fourth-order valence-corrected chi connectivity index (χ4v) is 4.39. The highest BCUT2D eigenvalue weighted by atomic mass is 19.4. The molecule has 2 aliphatic heterocycles. The van der Waals surface area contributed by atoms with E-state index in [0.29, 0.717) is 0 Å². The lowest BCUT2D eigenvalue weighted by atomic mass is 9.91. The summed E-state index contributed by atoms with van der Waals surface area (Å²) in [7, 11) is 0. The minimum atomic E-state index is -4.29. The van der Waals surface area contributed by atoms with Crippen LogP contribution >= 0.6 is 0 Å². The average Bonchev–Trinajstić information content (AvgIpc) is 3.01. The van der Waals surface area contributed by atoms with E-state index in [1.165, 1.54) is 17.8 Å². The lowest BCUT2D eigenvalue weighted by Gasteiger charge is -2.36. The van der Waals surface area contributed by atoms with Crippen LogP contribution in [-0.4, -0.2) is 43.7 Å². The van der Waals surface area contributed by atoms with Crippen LogP contribution in [0.4, 0.5) is 24.5 Å². The van der Waals surface area contributed by atoms with Crippen LogP contribution in [0.5, 0.6) is 0 Å². The smallest absolute Gasteiger partial charge is 0.382 e. The number of rotatable bonds is 4. The molecule has 6 heteroatoms. The van der Waals surface area contributed by atoms with Gasteiger partial charge >= 0.3 is 6.18 Å². The van der Waals surface area contributed by atoms with E-state index in [4.69, 9.17) is 0 Å². The molecular formula is C22H26F3N3. The number of hydrogen-bond acceptors (Lipinski definition) is 3. The molecule has 2 aromatic rings. The van der Waals surface area contributed by atoms with Crippen molar-refractivity contribution in [2.75, 3.05) is 42.9 Å². The fourth-order valence-electron chi connectivity index (χ4n) is 4.39. The average molecular weight is 389 g/mol. The molecule has 0 amide bonds. The highest BCUT2D eigenvalue weighted by Gasteiger charge is 2.35. The number of para-hydroxylation sites is 1. The molecule has 28 heavy (non-hydrogen) atoms. The number of benzene rings is 2. The highest BCUT2D eigenvalue weighted by Crippen LogP contribution is 2.41. The number of nitrogens with one attached hydrogen (secondary N) is 1. The summed E-state index contributed by atoms with van der Waals surface area (Å²) >= 11 is 0. The third kappa shape index (κ3) is 3.97. The van der Waals surface area contributed by atoms with Gasteiger partial charge in [-0.2, -0.15) is 13.2 Å². The highest BCUT2D eigenvalue weighted by molar-refractivity contribution is 5.60. The van der Waals surface area contributed by atoms with Crippen molar-refractivity contribution in [1.82, 2.24) is 4.90 Å². The van der Waals surface area contributed by atoms with Gasteiger partial charge in [0.05, 0.1) is 5.56 Å². The summed E-state index contributed by atoms with van der Waals surface area (Å²) in [5, 5.41) is 3.35. The maximum absolute atomic E-state index is 13.1. The summed E-state index contributed by atoms with van der Waals surface area (Å²) in [6, 6.07) is 14.7. The van der Waals surface area contributed by atoms with Crippen LogP contribution in [0, 0.1) is 0 Å². The Morgan fingerprint density at radius 2 is 1.71 bits per heavy atom. The second-order valence-corrected chi connectivity index (χ2v) is 7.79. The van der Waals surface area contributed by atoms with Crippen LogP contribution in [-0.2, 0) is 6.18 Å². The quantitative estimate of drug-likeness (QED) is 0.809. The predicted molar refractivity (Wildman–Crippen MR) is 107 cm³/mol. The van der Waals surface area contributed by atoms with E-state index in [1.807, 2.05) is 6.07 Å². The third-order valence-electron chi connectivity index (χ3n) is 6.02. The van der Waals surface area contributed by atoms with Gasteiger partial charge in [-0.3, -0.25) is 4.90 Å². The van der Waals surface area contributed by atoms with Crippen molar-refractivity contribution in [3.8, 4) is 0 Å². The number of hydrogen-bond donors (Lipinski definition) is 1. The molecule has 0 unspecified atom stereocenters. The van der Waals surface area contributed by atoms with Crippen LogP contribution < -0.4 is 10.2 Å². The van der Waals surface area contributed by atoms with Crippen LogP contribution in [0.15, 0.2) is 48.5 Å². The van der Waals surface area contributed by atoms with E-state index in [2.05, 4.69) is 46.3 Å². The molecular weight excluding hydrogens is 363 g/mol. The SMILES string of the molecule is C[C@@H]1Nc2ccc(C(F)(F)F)cc2[C@@H]1CCN1CCN(c2ccccc2)CC1. The standard InChI is InChI=1S/C22H26F3N3/c1-16-19(20-15-17(22(23,24)25)7-8-21(20)26-16)9-10-27-11-13-28(14-12-27)18-5-3-2-4-6-18/h2-8,15-16,19,26H,9-14H2,1H3/t16-,19+/m0/s1. The second kappa shape index (κ2) is 7.66. The van der Waals surface area contributed by atoms with Crippen LogP contribution in [0.3, 0.4) is 0 Å². The largest absolute Gasteiger partial charge is 0.416 e. The number of fused-ring (bicyclic) bond motifs is 1. The van der Waals surface area contributed by atoms with E-state index in [0.717, 1.165) is 50.4 Å².